The Kier molecular flexibility index (Phi) is 4.26. The van der Waals surface area contributed by atoms with Crippen LogP contribution in [0.15, 0.2) is 12.3 Å². The van der Waals surface area contributed by atoms with Crippen molar-refractivity contribution in [3.63, 3.8) is 0 Å². The zero-order valence-electron chi connectivity index (χ0n) is 15.2. The number of aromatic nitrogens is 4. The lowest BCUT2D eigenvalue weighted by molar-refractivity contribution is -0.136. The molecular formula is C18H24N6O2. The molecule has 2 atom stereocenters. The van der Waals surface area contributed by atoms with E-state index in [-0.39, 0.29) is 23.9 Å². The van der Waals surface area contributed by atoms with Crippen LogP contribution in [-0.4, -0.2) is 49.8 Å². The number of H-pyrrole nitrogens is 1. The predicted molar refractivity (Wildman–Crippen MR) is 94.4 cm³/mol. The van der Waals surface area contributed by atoms with Crippen molar-refractivity contribution in [3.8, 4) is 0 Å². The largest absolute Gasteiger partial charge is 0.345 e. The third-order valence-corrected chi connectivity index (χ3v) is 5.61. The molecule has 4 rings (SSSR count). The number of fused-ring (bicyclic) bond motifs is 1. The second-order valence-corrected chi connectivity index (χ2v) is 7.18. The van der Waals surface area contributed by atoms with Gasteiger partial charge in [-0.05, 0) is 38.2 Å². The number of aryl methyl sites for hydroxylation is 2. The maximum Gasteiger partial charge on any atom is 0.272 e. The fourth-order valence-corrected chi connectivity index (χ4v) is 4.17. The Morgan fingerprint density at radius 3 is 2.85 bits per heavy atom. The third-order valence-electron chi connectivity index (χ3n) is 5.61. The highest BCUT2D eigenvalue weighted by molar-refractivity contribution is 5.94. The minimum atomic E-state index is -0.234. The van der Waals surface area contributed by atoms with Gasteiger partial charge in [0.2, 0.25) is 5.91 Å². The molecule has 0 radical (unpaired) electrons. The van der Waals surface area contributed by atoms with E-state index in [1.165, 1.54) is 0 Å². The molecule has 138 valence electrons. The van der Waals surface area contributed by atoms with Gasteiger partial charge in [0.1, 0.15) is 0 Å². The van der Waals surface area contributed by atoms with Crippen LogP contribution in [0.5, 0.6) is 0 Å². The molecule has 1 aliphatic heterocycles. The maximum atomic E-state index is 12.9. The molecule has 2 N–H and O–H groups in total. The molecule has 0 bridgehead atoms. The molecule has 8 heteroatoms. The van der Waals surface area contributed by atoms with Crippen LogP contribution in [0.3, 0.4) is 0 Å². The van der Waals surface area contributed by atoms with Gasteiger partial charge in [-0.1, -0.05) is 0 Å². The topological polar surface area (TPSA) is 95.9 Å². The van der Waals surface area contributed by atoms with Crippen LogP contribution in [0.1, 0.15) is 59.2 Å². The van der Waals surface area contributed by atoms with E-state index >= 15 is 0 Å². The third kappa shape index (κ3) is 2.79. The van der Waals surface area contributed by atoms with Gasteiger partial charge in [-0.25, -0.2) is 0 Å². The Morgan fingerprint density at radius 1 is 1.27 bits per heavy atom. The smallest absolute Gasteiger partial charge is 0.272 e. The second-order valence-electron chi connectivity index (χ2n) is 7.18. The molecule has 1 aliphatic carbocycles. The lowest BCUT2D eigenvalue weighted by Gasteiger charge is -2.39. The predicted octanol–water partition coefficient (Wildman–Crippen LogP) is 1.11. The van der Waals surface area contributed by atoms with Gasteiger partial charge in [0.05, 0.1) is 17.8 Å². The summed E-state index contributed by atoms with van der Waals surface area (Å²) in [7, 11) is 3.64. The number of rotatable bonds is 3. The standard InChI is InChI=1S/C18H24N6O2/c1-23-15(25)8-7-13(17(23)14-9-10-19-24(14)2)20-18(26)16-11-5-3-4-6-12(11)21-22-16/h9-10,13,17H,3-8H2,1-2H3,(H,20,26)(H,21,22)/t13-,17-/m1/s1. The molecule has 8 nitrogen and oxygen atoms in total. The van der Waals surface area contributed by atoms with Crippen molar-refractivity contribution in [3.05, 3.63) is 34.9 Å². The summed E-state index contributed by atoms with van der Waals surface area (Å²) in [5.41, 5.74) is 3.55. The summed E-state index contributed by atoms with van der Waals surface area (Å²) in [6.45, 7) is 0. The van der Waals surface area contributed by atoms with E-state index < -0.39 is 0 Å². The highest BCUT2D eigenvalue weighted by Gasteiger charge is 2.38. The SMILES string of the molecule is CN1C(=O)CC[C@@H](NC(=O)c2n[nH]c3c2CCCC3)[C@@H]1c1ccnn1C. The number of likely N-dealkylation sites (tertiary alicyclic amines) is 1. The van der Waals surface area contributed by atoms with Gasteiger partial charge in [0.25, 0.3) is 5.91 Å². The first-order valence-electron chi connectivity index (χ1n) is 9.17. The molecule has 1 fully saturated rings. The lowest BCUT2D eigenvalue weighted by atomic mass is 9.92. The number of aromatic amines is 1. The minimum absolute atomic E-state index is 0.0823. The van der Waals surface area contributed by atoms with Gasteiger partial charge in [-0.2, -0.15) is 10.2 Å². The summed E-state index contributed by atoms with van der Waals surface area (Å²) in [6.07, 6.45) is 6.81. The number of nitrogens with one attached hydrogen (secondary N) is 2. The number of amides is 2. The minimum Gasteiger partial charge on any atom is -0.345 e. The number of carbonyl (C=O) groups is 2. The Morgan fingerprint density at radius 2 is 2.08 bits per heavy atom. The van der Waals surface area contributed by atoms with Gasteiger partial charge < -0.3 is 10.2 Å². The van der Waals surface area contributed by atoms with Crippen molar-refractivity contribution in [2.75, 3.05) is 7.05 Å². The van der Waals surface area contributed by atoms with Gasteiger partial charge in [0, 0.05) is 38.0 Å². The number of hydrogen-bond acceptors (Lipinski definition) is 4. The maximum absolute atomic E-state index is 12.9. The molecule has 2 aromatic heterocycles. The molecule has 2 amide bonds. The molecule has 0 saturated carbocycles. The molecular weight excluding hydrogens is 332 g/mol. The van der Waals surface area contributed by atoms with Gasteiger partial charge in [-0.15, -0.1) is 0 Å². The highest BCUT2D eigenvalue weighted by atomic mass is 16.2. The fourth-order valence-electron chi connectivity index (χ4n) is 4.17. The fraction of sp³-hybridized carbons (Fsp3) is 0.556. The van der Waals surface area contributed by atoms with E-state index in [1.54, 1.807) is 22.8 Å². The molecule has 26 heavy (non-hydrogen) atoms. The Hall–Kier alpha value is -2.64. The first-order valence-corrected chi connectivity index (χ1v) is 9.17. The Bertz CT molecular complexity index is 839. The van der Waals surface area contributed by atoms with Crippen molar-refractivity contribution in [2.24, 2.45) is 7.05 Å². The Labute approximate surface area is 151 Å². The van der Waals surface area contributed by atoms with Gasteiger partial charge in [0.15, 0.2) is 5.69 Å². The molecule has 0 aromatic carbocycles. The molecule has 1 saturated heterocycles. The van der Waals surface area contributed by atoms with Crippen molar-refractivity contribution in [1.82, 2.24) is 30.2 Å². The van der Waals surface area contributed by atoms with Crippen LogP contribution >= 0.6 is 0 Å². The highest BCUT2D eigenvalue weighted by Crippen LogP contribution is 2.31. The molecule has 0 spiro atoms. The van der Waals surface area contributed by atoms with E-state index in [0.717, 1.165) is 42.6 Å². The number of nitrogens with zero attached hydrogens (tertiary/aromatic N) is 4. The monoisotopic (exact) mass is 356 g/mol. The molecule has 2 aliphatic rings. The molecule has 2 aromatic rings. The average molecular weight is 356 g/mol. The summed E-state index contributed by atoms with van der Waals surface area (Å²) >= 11 is 0. The van der Waals surface area contributed by atoms with E-state index in [1.807, 2.05) is 13.1 Å². The first kappa shape index (κ1) is 16.8. The number of carbonyl (C=O) groups excluding carboxylic acids is 2. The number of likely N-dealkylation sites (N-methyl/N-ethyl adjacent to an activating group) is 1. The van der Waals surface area contributed by atoms with Crippen molar-refractivity contribution >= 4 is 11.8 Å². The van der Waals surface area contributed by atoms with E-state index in [9.17, 15) is 9.59 Å². The zero-order chi connectivity index (χ0) is 18.3. The number of piperidine rings is 1. The first-order chi connectivity index (χ1) is 12.6. The van der Waals surface area contributed by atoms with E-state index in [0.29, 0.717) is 18.5 Å². The van der Waals surface area contributed by atoms with Gasteiger partial charge >= 0.3 is 0 Å². The van der Waals surface area contributed by atoms with Crippen molar-refractivity contribution in [1.29, 1.82) is 0 Å². The number of hydrogen-bond donors (Lipinski definition) is 2. The zero-order valence-corrected chi connectivity index (χ0v) is 15.2. The normalized spacial score (nSPS) is 23.0. The van der Waals surface area contributed by atoms with E-state index in [4.69, 9.17) is 0 Å². The van der Waals surface area contributed by atoms with Gasteiger partial charge in [-0.3, -0.25) is 19.4 Å². The van der Waals surface area contributed by atoms with Crippen LogP contribution in [0, 0.1) is 0 Å². The second kappa shape index (κ2) is 6.59. The van der Waals surface area contributed by atoms with Crippen LogP contribution in [-0.2, 0) is 24.7 Å². The summed E-state index contributed by atoms with van der Waals surface area (Å²) < 4.78 is 1.76. The van der Waals surface area contributed by atoms with E-state index in [2.05, 4.69) is 20.6 Å². The summed E-state index contributed by atoms with van der Waals surface area (Å²) in [4.78, 5) is 26.9. The summed E-state index contributed by atoms with van der Waals surface area (Å²) in [6, 6.07) is 1.49. The van der Waals surface area contributed by atoms with Crippen molar-refractivity contribution < 1.29 is 9.59 Å². The average Bonchev–Trinajstić information content (AvgIpc) is 3.25. The summed E-state index contributed by atoms with van der Waals surface area (Å²) in [5.74, 6) is -0.0804. The molecule has 3 heterocycles. The van der Waals surface area contributed by atoms with Crippen molar-refractivity contribution in [2.45, 2.75) is 50.6 Å². The Balaban J connectivity index is 1.59. The van der Waals surface area contributed by atoms with Crippen LogP contribution < -0.4 is 5.32 Å². The summed E-state index contributed by atoms with van der Waals surface area (Å²) in [5, 5.41) is 14.6. The quantitative estimate of drug-likeness (QED) is 0.861. The van der Waals surface area contributed by atoms with Crippen LogP contribution in [0.4, 0.5) is 0 Å². The molecule has 0 unspecified atom stereocenters. The van der Waals surface area contributed by atoms with Crippen LogP contribution in [0.2, 0.25) is 0 Å². The lowest BCUT2D eigenvalue weighted by Crippen LogP contribution is -2.51. The van der Waals surface area contributed by atoms with Crippen LogP contribution in [0.25, 0.3) is 0 Å².